The molecule has 0 atom stereocenters. The normalized spacial score (nSPS) is 10.9. The molecule has 3 rings (SSSR count). The van der Waals surface area contributed by atoms with Crippen LogP contribution in [-0.2, 0) is 6.61 Å². The van der Waals surface area contributed by atoms with E-state index in [1.807, 2.05) is 28.7 Å². The van der Waals surface area contributed by atoms with Crippen molar-refractivity contribution in [3.63, 3.8) is 0 Å². The van der Waals surface area contributed by atoms with E-state index in [9.17, 15) is 9.90 Å². The number of hydrogen-bond acceptors (Lipinski definition) is 4. The highest BCUT2D eigenvalue weighted by atomic mass is 127. The smallest absolute Gasteiger partial charge is 0.417 e. The van der Waals surface area contributed by atoms with Gasteiger partial charge in [0, 0.05) is 0 Å². The standard InChI is InChI=1S/C14H10INO4/c15-9-5-8(7-17)6-12-13(9)20-14(18)16-10-3-1-2-4-11(10)19-12/h1-6,17H,7H2,(H,16,18). The number of rotatable bonds is 1. The molecule has 2 aromatic carbocycles. The lowest BCUT2D eigenvalue weighted by Crippen LogP contribution is -2.01. The molecule has 1 aromatic heterocycles. The predicted octanol–water partition coefficient (Wildman–Crippen LogP) is 3.09. The molecule has 0 radical (unpaired) electrons. The number of aromatic nitrogens is 1. The van der Waals surface area contributed by atoms with Crippen molar-refractivity contribution in [1.82, 2.24) is 4.98 Å². The fraction of sp³-hybridized carbons (Fsp3) is 0.0714. The van der Waals surface area contributed by atoms with Crippen molar-refractivity contribution in [2.45, 2.75) is 6.61 Å². The molecule has 0 bridgehead atoms. The second-order valence-corrected chi connectivity index (χ2v) is 5.34. The maximum absolute atomic E-state index is 11.8. The summed E-state index contributed by atoms with van der Waals surface area (Å²) < 4.78 is 11.8. The quantitative estimate of drug-likeness (QED) is 0.633. The van der Waals surface area contributed by atoms with Crippen molar-refractivity contribution < 1.29 is 13.9 Å². The summed E-state index contributed by atoms with van der Waals surface area (Å²) in [6, 6.07) is 10.5. The number of hydrogen-bond donors (Lipinski definition) is 2. The van der Waals surface area contributed by atoms with E-state index >= 15 is 0 Å². The van der Waals surface area contributed by atoms with Crippen LogP contribution in [0, 0.1) is 3.57 Å². The Hall–Kier alpha value is -1.80. The van der Waals surface area contributed by atoms with E-state index in [1.54, 1.807) is 30.3 Å². The number of H-pyrrole nitrogens is 1. The lowest BCUT2D eigenvalue weighted by Gasteiger charge is -2.02. The van der Waals surface area contributed by atoms with Crippen LogP contribution in [0.2, 0.25) is 0 Å². The first kappa shape index (κ1) is 13.2. The fourth-order valence-electron chi connectivity index (χ4n) is 1.89. The Balaban J connectivity index is 2.55. The third kappa shape index (κ3) is 2.44. The van der Waals surface area contributed by atoms with Crippen LogP contribution in [0.4, 0.5) is 0 Å². The molecule has 0 saturated heterocycles. The Morgan fingerprint density at radius 2 is 1.95 bits per heavy atom. The van der Waals surface area contributed by atoms with Crippen LogP contribution in [0.3, 0.4) is 0 Å². The van der Waals surface area contributed by atoms with Gasteiger partial charge in [-0.15, -0.1) is 0 Å². The Labute approximate surface area is 126 Å². The zero-order valence-corrected chi connectivity index (χ0v) is 12.4. The summed E-state index contributed by atoms with van der Waals surface area (Å²) in [7, 11) is 0. The molecule has 2 N–H and O–H groups in total. The highest BCUT2D eigenvalue weighted by Crippen LogP contribution is 2.23. The van der Waals surface area contributed by atoms with E-state index in [-0.39, 0.29) is 6.61 Å². The van der Waals surface area contributed by atoms with Crippen molar-refractivity contribution in [3.8, 4) is 0 Å². The van der Waals surface area contributed by atoms with Gasteiger partial charge in [-0.2, -0.15) is 0 Å². The van der Waals surface area contributed by atoms with Gasteiger partial charge in [-0.1, -0.05) is 12.1 Å². The Morgan fingerprint density at radius 1 is 1.15 bits per heavy atom. The molecule has 0 amide bonds. The summed E-state index contributed by atoms with van der Waals surface area (Å²) in [5, 5.41) is 9.26. The zero-order chi connectivity index (χ0) is 14.1. The summed E-state index contributed by atoms with van der Waals surface area (Å²) >= 11 is 2.04. The largest absolute Gasteiger partial charge is 0.451 e. The molecule has 5 nitrogen and oxygen atoms in total. The van der Waals surface area contributed by atoms with Crippen molar-refractivity contribution in [1.29, 1.82) is 0 Å². The molecule has 0 fully saturated rings. The van der Waals surface area contributed by atoms with E-state index in [2.05, 4.69) is 4.98 Å². The molecule has 102 valence electrons. The van der Waals surface area contributed by atoms with Crippen LogP contribution >= 0.6 is 22.6 Å². The van der Waals surface area contributed by atoms with Gasteiger partial charge in [-0.25, -0.2) is 4.79 Å². The SMILES string of the molecule is O=c1[nH]c2ccccc2oc2cc(CO)cc(I)c2o1. The summed E-state index contributed by atoms with van der Waals surface area (Å²) in [6.07, 6.45) is 0. The van der Waals surface area contributed by atoms with Gasteiger partial charge in [-0.3, -0.25) is 4.98 Å². The number of aliphatic hydroxyl groups is 1. The molecule has 1 heterocycles. The topological polar surface area (TPSA) is 79.4 Å². The lowest BCUT2D eigenvalue weighted by molar-refractivity contribution is 0.281. The van der Waals surface area contributed by atoms with E-state index in [0.29, 0.717) is 31.4 Å². The first-order chi connectivity index (χ1) is 9.67. The number of fused-ring (bicyclic) bond motifs is 2. The van der Waals surface area contributed by atoms with Crippen LogP contribution in [0.15, 0.2) is 50.0 Å². The van der Waals surface area contributed by atoms with E-state index in [4.69, 9.17) is 8.83 Å². The van der Waals surface area contributed by atoms with Gasteiger partial charge in [0.2, 0.25) is 0 Å². The maximum Gasteiger partial charge on any atom is 0.417 e. The Kier molecular flexibility index (Phi) is 3.49. The van der Waals surface area contributed by atoms with Gasteiger partial charge in [0.05, 0.1) is 15.7 Å². The van der Waals surface area contributed by atoms with Gasteiger partial charge >= 0.3 is 5.76 Å². The van der Waals surface area contributed by atoms with Crippen LogP contribution in [0.25, 0.3) is 22.3 Å². The fourth-order valence-corrected chi connectivity index (χ4v) is 2.67. The molecule has 0 aliphatic heterocycles. The molecule has 6 heteroatoms. The van der Waals surface area contributed by atoms with Gasteiger partial charge in [0.1, 0.15) is 0 Å². The van der Waals surface area contributed by atoms with Crippen molar-refractivity contribution in [2.75, 3.05) is 0 Å². The summed E-state index contributed by atoms with van der Waals surface area (Å²) in [5.41, 5.74) is 2.50. The molecule has 0 saturated carbocycles. The highest BCUT2D eigenvalue weighted by Gasteiger charge is 2.06. The molecule has 0 unspecified atom stereocenters. The molecule has 0 spiro atoms. The minimum absolute atomic E-state index is 0.111. The number of para-hydroxylation sites is 2. The predicted molar refractivity (Wildman–Crippen MR) is 82.9 cm³/mol. The minimum atomic E-state index is -0.573. The second-order valence-electron chi connectivity index (χ2n) is 4.18. The van der Waals surface area contributed by atoms with Crippen molar-refractivity contribution in [3.05, 3.63) is 56.1 Å². The first-order valence-electron chi connectivity index (χ1n) is 5.86. The first-order valence-corrected chi connectivity index (χ1v) is 6.94. The molecule has 3 aromatic rings. The second kappa shape index (κ2) is 5.29. The number of nitrogens with one attached hydrogen (secondary N) is 1. The van der Waals surface area contributed by atoms with E-state index in [1.165, 1.54) is 0 Å². The van der Waals surface area contributed by atoms with Gasteiger partial charge in [-0.05, 0) is 52.4 Å². The summed E-state index contributed by atoms with van der Waals surface area (Å²) in [6.45, 7) is -0.111. The van der Waals surface area contributed by atoms with Gasteiger partial charge in [0.25, 0.3) is 0 Å². The van der Waals surface area contributed by atoms with Gasteiger partial charge in [0.15, 0.2) is 16.7 Å². The molecule has 0 aliphatic carbocycles. The lowest BCUT2D eigenvalue weighted by atomic mass is 10.2. The molecule has 0 aliphatic rings. The van der Waals surface area contributed by atoms with E-state index in [0.717, 1.165) is 0 Å². The summed E-state index contributed by atoms with van der Waals surface area (Å²) in [4.78, 5) is 14.4. The molecular weight excluding hydrogens is 373 g/mol. The number of benzene rings is 2. The zero-order valence-electron chi connectivity index (χ0n) is 10.2. The minimum Gasteiger partial charge on any atom is -0.451 e. The number of halogens is 1. The van der Waals surface area contributed by atoms with Crippen molar-refractivity contribution >= 4 is 44.9 Å². The third-order valence-corrected chi connectivity index (χ3v) is 3.59. The Bertz CT molecular complexity index is 889. The monoisotopic (exact) mass is 383 g/mol. The van der Waals surface area contributed by atoms with Crippen LogP contribution in [0.5, 0.6) is 0 Å². The van der Waals surface area contributed by atoms with Crippen LogP contribution in [0.1, 0.15) is 5.56 Å². The average molecular weight is 383 g/mol. The van der Waals surface area contributed by atoms with Gasteiger partial charge < -0.3 is 13.9 Å². The van der Waals surface area contributed by atoms with E-state index < -0.39 is 5.76 Å². The third-order valence-electron chi connectivity index (χ3n) is 2.79. The molecule has 20 heavy (non-hydrogen) atoms. The Morgan fingerprint density at radius 3 is 2.75 bits per heavy atom. The molecular formula is C14H10INO4. The van der Waals surface area contributed by atoms with Crippen LogP contribution < -0.4 is 5.76 Å². The maximum atomic E-state index is 11.8. The average Bonchev–Trinajstić information content (AvgIpc) is 2.42. The summed E-state index contributed by atoms with van der Waals surface area (Å²) in [5.74, 6) is -0.573. The highest BCUT2D eigenvalue weighted by molar-refractivity contribution is 14.1. The van der Waals surface area contributed by atoms with Crippen LogP contribution in [-0.4, -0.2) is 10.1 Å². The van der Waals surface area contributed by atoms with Crippen molar-refractivity contribution in [2.24, 2.45) is 0 Å². The number of aromatic amines is 1. The number of aliphatic hydroxyl groups excluding tert-OH is 1.